The predicted molar refractivity (Wildman–Crippen MR) is 78.4 cm³/mol. The largest absolute Gasteiger partial charge is 0.497 e. The molecule has 4 nitrogen and oxygen atoms in total. The third-order valence-electron chi connectivity index (χ3n) is 3.32. The Morgan fingerprint density at radius 1 is 1.10 bits per heavy atom. The van der Waals surface area contributed by atoms with Crippen molar-refractivity contribution < 1.29 is 9.15 Å². The van der Waals surface area contributed by atoms with Crippen molar-refractivity contribution >= 4 is 11.0 Å². The Bertz CT molecular complexity index is 688. The van der Waals surface area contributed by atoms with Crippen LogP contribution in [0.2, 0.25) is 0 Å². The van der Waals surface area contributed by atoms with E-state index in [0.717, 1.165) is 28.0 Å². The Balaban J connectivity index is 2.03. The van der Waals surface area contributed by atoms with E-state index in [4.69, 9.17) is 15.0 Å². The molecular weight excluding hydrogens is 252 g/mol. The number of methoxy groups -OCH3 is 1. The highest BCUT2D eigenvalue weighted by atomic mass is 16.5. The zero-order valence-corrected chi connectivity index (χ0v) is 11.2. The van der Waals surface area contributed by atoms with Gasteiger partial charge in [0.05, 0.1) is 7.11 Å². The number of nitrogens with two attached hydrogens (primary N) is 1. The number of furan rings is 1. The summed E-state index contributed by atoms with van der Waals surface area (Å²) in [5.74, 6) is 7.27. The van der Waals surface area contributed by atoms with Gasteiger partial charge in [0.2, 0.25) is 0 Å². The molecule has 3 N–H and O–H groups in total. The van der Waals surface area contributed by atoms with Crippen LogP contribution in [0.5, 0.6) is 5.75 Å². The van der Waals surface area contributed by atoms with Crippen LogP contribution >= 0.6 is 0 Å². The van der Waals surface area contributed by atoms with Gasteiger partial charge >= 0.3 is 0 Å². The standard InChI is InChI=1S/C16H16N2O2/c1-19-13-7-4-6-12(9-13)16(18-17)15-10-11-5-2-3-8-14(11)20-15/h2-10,16,18H,17H2,1H3. The number of hydrazine groups is 1. The molecule has 1 heterocycles. The molecule has 0 bridgehead atoms. The van der Waals surface area contributed by atoms with Crippen molar-refractivity contribution in [2.24, 2.45) is 5.84 Å². The van der Waals surface area contributed by atoms with Crippen molar-refractivity contribution in [3.05, 3.63) is 65.9 Å². The fourth-order valence-electron chi connectivity index (χ4n) is 2.31. The van der Waals surface area contributed by atoms with Crippen molar-refractivity contribution in [1.82, 2.24) is 5.43 Å². The molecule has 1 aromatic heterocycles. The molecule has 0 amide bonds. The van der Waals surface area contributed by atoms with E-state index in [1.54, 1.807) is 7.11 Å². The third-order valence-corrected chi connectivity index (χ3v) is 3.32. The molecule has 0 aliphatic carbocycles. The Hall–Kier alpha value is -2.30. The Morgan fingerprint density at radius 3 is 2.70 bits per heavy atom. The van der Waals surface area contributed by atoms with Crippen LogP contribution in [-0.4, -0.2) is 7.11 Å². The van der Waals surface area contributed by atoms with Crippen molar-refractivity contribution in [2.45, 2.75) is 6.04 Å². The van der Waals surface area contributed by atoms with E-state index in [-0.39, 0.29) is 6.04 Å². The van der Waals surface area contributed by atoms with E-state index >= 15 is 0 Å². The maximum absolute atomic E-state index is 5.87. The van der Waals surface area contributed by atoms with E-state index < -0.39 is 0 Å². The number of ether oxygens (including phenoxy) is 1. The smallest absolute Gasteiger partial charge is 0.134 e. The second-order valence-corrected chi connectivity index (χ2v) is 4.56. The van der Waals surface area contributed by atoms with Crippen LogP contribution in [0, 0.1) is 0 Å². The zero-order chi connectivity index (χ0) is 13.9. The lowest BCUT2D eigenvalue weighted by Crippen LogP contribution is -2.28. The fraction of sp³-hybridized carbons (Fsp3) is 0.125. The molecule has 0 aliphatic heterocycles. The average molecular weight is 268 g/mol. The molecule has 20 heavy (non-hydrogen) atoms. The first-order valence-corrected chi connectivity index (χ1v) is 6.40. The van der Waals surface area contributed by atoms with Crippen molar-refractivity contribution in [1.29, 1.82) is 0 Å². The molecule has 2 aromatic carbocycles. The first-order valence-electron chi connectivity index (χ1n) is 6.40. The van der Waals surface area contributed by atoms with Gasteiger partial charge in [-0.1, -0.05) is 30.3 Å². The Morgan fingerprint density at radius 2 is 1.95 bits per heavy atom. The second-order valence-electron chi connectivity index (χ2n) is 4.56. The lowest BCUT2D eigenvalue weighted by molar-refractivity contribution is 0.412. The van der Waals surface area contributed by atoms with Gasteiger partial charge in [0.1, 0.15) is 23.1 Å². The molecule has 3 aromatic rings. The number of fused-ring (bicyclic) bond motifs is 1. The highest BCUT2D eigenvalue weighted by Gasteiger charge is 2.17. The van der Waals surface area contributed by atoms with E-state index in [0.29, 0.717) is 0 Å². The summed E-state index contributed by atoms with van der Waals surface area (Å²) >= 11 is 0. The molecule has 0 aliphatic rings. The molecule has 102 valence electrons. The highest BCUT2D eigenvalue weighted by molar-refractivity contribution is 5.78. The Kier molecular flexibility index (Phi) is 3.41. The van der Waals surface area contributed by atoms with Gasteiger partial charge in [0.15, 0.2) is 0 Å². The minimum Gasteiger partial charge on any atom is -0.497 e. The molecule has 0 spiro atoms. The van der Waals surface area contributed by atoms with Crippen LogP contribution in [0.1, 0.15) is 17.4 Å². The van der Waals surface area contributed by atoms with Crippen molar-refractivity contribution in [2.75, 3.05) is 7.11 Å². The van der Waals surface area contributed by atoms with Gasteiger partial charge in [-0.2, -0.15) is 0 Å². The first kappa shape index (κ1) is 12.7. The highest BCUT2D eigenvalue weighted by Crippen LogP contribution is 2.29. The number of benzene rings is 2. The maximum Gasteiger partial charge on any atom is 0.134 e. The lowest BCUT2D eigenvalue weighted by Gasteiger charge is -2.14. The van der Waals surface area contributed by atoms with Gasteiger partial charge in [0, 0.05) is 5.39 Å². The number of rotatable bonds is 4. The van der Waals surface area contributed by atoms with E-state index in [1.807, 2.05) is 54.6 Å². The molecule has 0 saturated carbocycles. The van der Waals surface area contributed by atoms with E-state index in [1.165, 1.54) is 0 Å². The zero-order valence-electron chi connectivity index (χ0n) is 11.2. The second kappa shape index (κ2) is 5.36. The summed E-state index contributed by atoms with van der Waals surface area (Å²) in [6.07, 6.45) is 0. The quantitative estimate of drug-likeness (QED) is 0.564. The minimum absolute atomic E-state index is 0.211. The van der Waals surface area contributed by atoms with Crippen LogP contribution < -0.4 is 16.0 Å². The summed E-state index contributed by atoms with van der Waals surface area (Å²) in [5.41, 5.74) is 4.64. The first-order chi connectivity index (χ1) is 9.81. The van der Waals surface area contributed by atoms with Crippen LogP contribution in [0.25, 0.3) is 11.0 Å². The van der Waals surface area contributed by atoms with Gasteiger partial charge in [-0.25, -0.2) is 5.43 Å². The maximum atomic E-state index is 5.87. The SMILES string of the molecule is COc1cccc(C(NN)c2cc3ccccc3o2)c1. The summed E-state index contributed by atoms with van der Waals surface area (Å²) in [6.45, 7) is 0. The number of hydrogen-bond acceptors (Lipinski definition) is 4. The molecular formula is C16H16N2O2. The average Bonchev–Trinajstić information content (AvgIpc) is 2.91. The molecule has 0 radical (unpaired) electrons. The molecule has 4 heteroatoms. The molecule has 1 unspecified atom stereocenters. The summed E-state index contributed by atoms with van der Waals surface area (Å²) in [5, 5.41) is 1.06. The molecule has 0 saturated heterocycles. The van der Waals surface area contributed by atoms with Crippen molar-refractivity contribution in [3.63, 3.8) is 0 Å². The monoisotopic (exact) mass is 268 g/mol. The summed E-state index contributed by atoms with van der Waals surface area (Å²) < 4.78 is 11.1. The van der Waals surface area contributed by atoms with Crippen LogP contribution in [0.4, 0.5) is 0 Å². The van der Waals surface area contributed by atoms with Crippen LogP contribution in [0.3, 0.4) is 0 Å². The van der Waals surface area contributed by atoms with Gasteiger partial charge in [0.25, 0.3) is 0 Å². The van der Waals surface area contributed by atoms with E-state index in [2.05, 4.69) is 5.43 Å². The van der Waals surface area contributed by atoms with Gasteiger partial charge in [-0.05, 0) is 29.8 Å². The summed E-state index contributed by atoms with van der Waals surface area (Å²) in [4.78, 5) is 0. The van der Waals surface area contributed by atoms with Crippen LogP contribution in [0.15, 0.2) is 59.0 Å². The number of hydrogen-bond donors (Lipinski definition) is 2. The number of para-hydroxylation sites is 1. The van der Waals surface area contributed by atoms with Gasteiger partial charge in [-0.3, -0.25) is 5.84 Å². The molecule has 3 rings (SSSR count). The fourth-order valence-corrected chi connectivity index (χ4v) is 2.31. The van der Waals surface area contributed by atoms with Crippen LogP contribution in [-0.2, 0) is 0 Å². The predicted octanol–water partition coefficient (Wildman–Crippen LogP) is 2.99. The molecule has 1 atom stereocenters. The number of nitrogens with one attached hydrogen (secondary N) is 1. The summed E-state index contributed by atoms with van der Waals surface area (Å²) in [6, 6.07) is 17.4. The topological polar surface area (TPSA) is 60.4 Å². The Labute approximate surface area is 117 Å². The lowest BCUT2D eigenvalue weighted by atomic mass is 10.0. The van der Waals surface area contributed by atoms with E-state index in [9.17, 15) is 0 Å². The van der Waals surface area contributed by atoms with Gasteiger partial charge in [-0.15, -0.1) is 0 Å². The molecule has 0 fully saturated rings. The summed E-state index contributed by atoms with van der Waals surface area (Å²) in [7, 11) is 1.64. The normalized spacial score (nSPS) is 12.5. The van der Waals surface area contributed by atoms with Gasteiger partial charge < -0.3 is 9.15 Å². The third kappa shape index (κ3) is 2.27. The minimum atomic E-state index is -0.211. The van der Waals surface area contributed by atoms with Crippen molar-refractivity contribution in [3.8, 4) is 5.75 Å².